The monoisotopic (exact) mass is 790 g/mol. The molecule has 0 N–H and O–H groups in total. The third-order valence-corrected chi connectivity index (χ3v) is 12.1. The standard InChI is InChI=1S/C58H38N4/c1-5-17-39(18-6-1)45-35-51(40-19-7-2-8-20-40)60-58(36-45)62-55-28-16-14-26-48(55)50-34-44(30-32-57(50)62)43-29-31-56-49(33-43)47-25-13-15-27-54(47)61(56)46-37-52(41-21-9-3-10-22-41)59-53(38-46)42-23-11-4-12-24-42/h1-38H. The zero-order valence-electron chi connectivity index (χ0n) is 33.7. The minimum atomic E-state index is 0.889. The lowest BCUT2D eigenvalue weighted by atomic mass is 10.0. The van der Waals surface area contributed by atoms with Crippen molar-refractivity contribution in [3.63, 3.8) is 0 Å². The van der Waals surface area contributed by atoms with Crippen molar-refractivity contribution in [2.24, 2.45) is 0 Å². The highest BCUT2D eigenvalue weighted by atomic mass is 15.1. The highest BCUT2D eigenvalue weighted by Crippen LogP contribution is 2.40. The molecule has 0 fully saturated rings. The van der Waals surface area contributed by atoms with Crippen LogP contribution in [0.3, 0.4) is 0 Å². The molecule has 0 unspecified atom stereocenters. The van der Waals surface area contributed by atoms with Crippen LogP contribution in [0.2, 0.25) is 0 Å². The molecular weight excluding hydrogens is 753 g/mol. The van der Waals surface area contributed by atoms with Crippen molar-refractivity contribution in [3.8, 4) is 67.5 Å². The maximum Gasteiger partial charge on any atom is 0.138 e. The van der Waals surface area contributed by atoms with Crippen molar-refractivity contribution < 1.29 is 0 Å². The van der Waals surface area contributed by atoms with Crippen molar-refractivity contribution in [1.29, 1.82) is 0 Å². The summed E-state index contributed by atoms with van der Waals surface area (Å²) in [6, 6.07) is 82.1. The van der Waals surface area contributed by atoms with Gasteiger partial charge < -0.3 is 4.57 Å². The number of hydrogen-bond donors (Lipinski definition) is 0. The van der Waals surface area contributed by atoms with E-state index in [4.69, 9.17) is 9.97 Å². The summed E-state index contributed by atoms with van der Waals surface area (Å²) in [5, 5.41) is 4.79. The molecule has 0 aliphatic heterocycles. The van der Waals surface area contributed by atoms with Crippen molar-refractivity contribution in [3.05, 3.63) is 231 Å². The molecule has 0 spiro atoms. The van der Waals surface area contributed by atoms with Crippen LogP contribution in [0.5, 0.6) is 0 Å². The van der Waals surface area contributed by atoms with Gasteiger partial charge in [-0.3, -0.25) is 4.57 Å². The number of nitrogens with zero attached hydrogens (tertiary/aromatic N) is 4. The first-order valence-corrected chi connectivity index (χ1v) is 21.1. The van der Waals surface area contributed by atoms with Gasteiger partial charge in [0, 0.05) is 38.2 Å². The van der Waals surface area contributed by atoms with Crippen LogP contribution in [-0.4, -0.2) is 19.1 Å². The van der Waals surface area contributed by atoms with E-state index in [2.05, 4.69) is 240 Å². The number of pyridine rings is 2. The van der Waals surface area contributed by atoms with E-state index >= 15 is 0 Å². The zero-order valence-corrected chi connectivity index (χ0v) is 33.7. The van der Waals surface area contributed by atoms with Gasteiger partial charge in [0.15, 0.2) is 0 Å². The van der Waals surface area contributed by atoms with E-state index in [0.29, 0.717) is 0 Å². The Bertz CT molecular complexity index is 3250. The third kappa shape index (κ3) is 6.08. The summed E-state index contributed by atoms with van der Waals surface area (Å²) in [6.45, 7) is 0. The lowest BCUT2D eigenvalue weighted by Crippen LogP contribution is -2.00. The largest absolute Gasteiger partial charge is 0.309 e. The maximum atomic E-state index is 5.34. The molecule has 12 rings (SSSR count). The van der Waals surface area contributed by atoms with Gasteiger partial charge in [0.2, 0.25) is 0 Å². The Morgan fingerprint density at radius 1 is 0.242 bits per heavy atom. The first-order chi connectivity index (χ1) is 30.7. The normalized spacial score (nSPS) is 11.5. The van der Waals surface area contributed by atoms with Gasteiger partial charge in [-0.15, -0.1) is 0 Å². The van der Waals surface area contributed by atoms with Crippen molar-refractivity contribution in [1.82, 2.24) is 19.1 Å². The lowest BCUT2D eigenvalue weighted by Gasteiger charge is -2.13. The van der Waals surface area contributed by atoms with Crippen LogP contribution in [0.25, 0.3) is 111 Å². The molecule has 4 nitrogen and oxygen atoms in total. The second-order valence-electron chi connectivity index (χ2n) is 15.8. The predicted octanol–water partition coefficient (Wildman–Crippen LogP) is 15.0. The molecule has 0 aliphatic rings. The Labute approximate surface area is 359 Å². The van der Waals surface area contributed by atoms with E-state index in [0.717, 1.165) is 84.0 Å². The fraction of sp³-hybridized carbons (Fsp3) is 0. The number of rotatable bonds is 7. The van der Waals surface area contributed by atoms with E-state index in [1.807, 2.05) is 0 Å². The maximum absolute atomic E-state index is 5.34. The first kappa shape index (κ1) is 35.6. The fourth-order valence-corrected chi connectivity index (χ4v) is 9.17. The summed E-state index contributed by atoms with van der Waals surface area (Å²) in [4.78, 5) is 10.5. The molecule has 0 saturated heterocycles. The number of benzene rings is 8. The van der Waals surface area contributed by atoms with E-state index in [1.165, 1.54) is 27.1 Å². The van der Waals surface area contributed by atoms with Crippen LogP contribution in [0.1, 0.15) is 0 Å². The molecule has 0 amide bonds. The zero-order chi connectivity index (χ0) is 41.0. The molecule has 4 heteroatoms. The van der Waals surface area contributed by atoms with Gasteiger partial charge in [-0.25, -0.2) is 9.97 Å². The van der Waals surface area contributed by atoms with E-state index in [9.17, 15) is 0 Å². The van der Waals surface area contributed by atoms with Gasteiger partial charge in [-0.2, -0.15) is 0 Å². The quantitative estimate of drug-likeness (QED) is 0.161. The molecule has 12 aromatic rings. The molecule has 8 aromatic carbocycles. The fourth-order valence-electron chi connectivity index (χ4n) is 9.17. The molecule has 62 heavy (non-hydrogen) atoms. The van der Waals surface area contributed by atoms with Gasteiger partial charge >= 0.3 is 0 Å². The predicted molar refractivity (Wildman–Crippen MR) is 258 cm³/mol. The van der Waals surface area contributed by atoms with Gasteiger partial charge in [-0.1, -0.05) is 170 Å². The smallest absolute Gasteiger partial charge is 0.138 e. The van der Waals surface area contributed by atoms with Crippen molar-refractivity contribution in [2.45, 2.75) is 0 Å². The van der Waals surface area contributed by atoms with Crippen molar-refractivity contribution in [2.75, 3.05) is 0 Å². The molecule has 0 bridgehead atoms. The number of para-hydroxylation sites is 2. The molecule has 290 valence electrons. The van der Waals surface area contributed by atoms with Gasteiger partial charge in [0.05, 0.1) is 44.8 Å². The van der Waals surface area contributed by atoms with Gasteiger partial charge in [0.25, 0.3) is 0 Å². The van der Waals surface area contributed by atoms with E-state index in [1.54, 1.807) is 0 Å². The molecule has 0 atom stereocenters. The second kappa shape index (κ2) is 14.7. The summed E-state index contributed by atoms with van der Waals surface area (Å²) < 4.78 is 4.72. The second-order valence-corrected chi connectivity index (χ2v) is 15.8. The first-order valence-electron chi connectivity index (χ1n) is 21.1. The minimum absolute atomic E-state index is 0.889. The van der Waals surface area contributed by atoms with Crippen LogP contribution >= 0.6 is 0 Å². The van der Waals surface area contributed by atoms with E-state index in [-0.39, 0.29) is 0 Å². The molecule has 4 heterocycles. The molecular formula is C58H38N4. The van der Waals surface area contributed by atoms with Crippen molar-refractivity contribution >= 4 is 43.6 Å². The summed E-state index contributed by atoms with van der Waals surface area (Å²) >= 11 is 0. The highest BCUT2D eigenvalue weighted by molar-refractivity contribution is 6.12. The van der Waals surface area contributed by atoms with Crippen LogP contribution in [0, 0.1) is 0 Å². The Hall–Kier alpha value is -8.34. The Morgan fingerprint density at radius 3 is 1.16 bits per heavy atom. The number of fused-ring (bicyclic) bond motifs is 6. The summed E-state index contributed by atoms with van der Waals surface area (Å²) in [5.74, 6) is 0.889. The molecule has 4 aromatic heterocycles. The SMILES string of the molecule is c1ccc(-c2cc(-c3ccccc3)nc(-n3c4ccccc4c4cc(-c5ccc6c(c5)c5ccccc5n6-c5cc(-c6ccccc6)nc(-c6ccccc6)c5)ccc43)c2)cc1. The summed E-state index contributed by atoms with van der Waals surface area (Å²) in [6.07, 6.45) is 0. The minimum Gasteiger partial charge on any atom is -0.309 e. The van der Waals surface area contributed by atoms with Gasteiger partial charge in [0.1, 0.15) is 5.82 Å². The topological polar surface area (TPSA) is 35.6 Å². The van der Waals surface area contributed by atoms with Gasteiger partial charge in [-0.05, 0) is 82.9 Å². The Morgan fingerprint density at radius 2 is 0.645 bits per heavy atom. The highest BCUT2D eigenvalue weighted by Gasteiger charge is 2.19. The number of aromatic nitrogens is 4. The molecule has 0 aliphatic carbocycles. The average Bonchev–Trinajstić information content (AvgIpc) is 3.87. The molecule has 0 radical (unpaired) electrons. The number of hydrogen-bond acceptors (Lipinski definition) is 2. The Kier molecular flexibility index (Phi) is 8.46. The van der Waals surface area contributed by atoms with Crippen LogP contribution in [0.15, 0.2) is 231 Å². The lowest BCUT2D eigenvalue weighted by molar-refractivity contribution is 1.08. The Balaban J connectivity index is 1.02. The van der Waals surface area contributed by atoms with Crippen LogP contribution < -0.4 is 0 Å². The van der Waals surface area contributed by atoms with E-state index < -0.39 is 0 Å². The summed E-state index contributed by atoms with van der Waals surface area (Å²) in [7, 11) is 0. The van der Waals surface area contributed by atoms with Crippen LogP contribution in [-0.2, 0) is 0 Å². The third-order valence-electron chi connectivity index (χ3n) is 12.1. The molecule has 0 saturated carbocycles. The van der Waals surface area contributed by atoms with Crippen LogP contribution in [0.4, 0.5) is 0 Å². The summed E-state index contributed by atoms with van der Waals surface area (Å²) in [5.41, 5.74) is 16.3. The average molecular weight is 791 g/mol.